The van der Waals surface area contributed by atoms with E-state index in [0.29, 0.717) is 5.75 Å². The highest BCUT2D eigenvalue weighted by molar-refractivity contribution is 5.42. The number of benzene rings is 1. The average molecular weight is 244 g/mol. The Bertz CT molecular complexity index is 527. The van der Waals surface area contributed by atoms with Crippen molar-refractivity contribution in [2.75, 3.05) is 5.43 Å². The summed E-state index contributed by atoms with van der Waals surface area (Å²) in [5.41, 5.74) is 8.80. The first kappa shape index (κ1) is 12.6. The molecule has 18 heavy (non-hydrogen) atoms. The van der Waals surface area contributed by atoms with Crippen LogP contribution in [-0.4, -0.2) is 9.78 Å². The van der Waals surface area contributed by atoms with Crippen LogP contribution in [0.1, 0.15) is 28.1 Å². The number of phenolic OH excluding ortho intramolecular Hbond substituents is 1. The Morgan fingerprint density at radius 2 is 1.50 bits per heavy atom. The maximum atomic E-state index is 9.75. The Morgan fingerprint density at radius 3 is 2.00 bits per heavy atom. The number of aromatic nitrogens is 1. The molecule has 0 aliphatic carbocycles. The minimum atomic E-state index is 0.395. The van der Waals surface area contributed by atoms with Crippen molar-refractivity contribution in [2.24, 2.45) is 0 Å². The van der Waals surface area contributed by atoms with Crippen LogP contribution in [-0.2, 0) is 6.54 Å². The predicted molar refractivity (Wildman–Crippen MR) is 74.6 cm³/mol. The van der Waals surface area contributed by atoms with Gasteiger partial charge in [-0.15, -0.1) is 0 Å². The summed E-state index contributed by atoms with van der Waals surface area (Å²) in [6.07, 6.45) is 0. The second kappa shape index (κ2) is 4.77. The molecule has 2 aromatic rings. The number of aromatic hydroxyl groups is 1. The lowest BCUT2D eigenvalue weighted by Crippen LogP contribution is -2.17. The summed E-state index contributed by atoms with van der Waals surface area (Å²) < 4.78 is 2.08. The standard InChI is InChI=1S/C15H20N2O/c1-10-7-14(8-11(2)15(10)18)9-16-17-12(3)5-6-13(17)4/h5-8,16,18H,9H2,1-4H3. The minimum Gasteiger partial charge on any atom is -0.507 e. The van der Waals surface area contributed by atoms with Gasteiger partial charge >= 0.3 is 0 Å². The van der Waals surface area contributed by atoms with Gasteiger partial charge in [0.25, 0.3) is 0 Å². The van der Waals surface area contributed by atoms with Gasteiger partial charge in [-0.25, -0.2) is 0 Å². The molecule has 3 nitrogen and oxygen atoms in total. The van der Waals surface area contributed by atoms with Crippen LogP contribution in [0.25, 0.3) is 0 Å². The third-order valence-electron chi connectivity index (χ3n) is 3.26. The molecule has 3 heteroatoms. The summed E-state index contributed by atoms with van der Waals surface area (Å²) in [6, 6.07) is 8.22. The van der Waals surface area contributed by atoms with Gasteiger partial charge in [-0.05, 0) is 56.5 Å². The molecule has 1 aromatic heterocycles. The third kappa shape index (κ3) is 2.35. The maximum absolute atomic E-state index is 9.75. The van der Waals surface area contributed by atoms with Gasteiger partial charge in [-0.1, -0.05) is 12.1 Å². The van der Waals surface area contributed by atoms with Gasteiger partial charge in [0.15, 0.2) is 0 Å². The summed E-state index contributed by atoms with van der Waals surface area (Å²) in [6.45, 7) is 8.76. The zero-order valence-electron chi connectivity index (χ0n) is 11.4. The summed E-state index contributed by atoms with van der Waals surface area (Å²) in [5.74, 6) is 0.395. The van der Waals surface area contributed by atoms with Gasteiger partial charge in [-0.3, -0.25) is 4.68 Å². The van der Waals surface area contributed by atoms with Gasteiger partial charge in [-0.2, -0.15) is 0 Å². The minimum absolute atomic E-state index is 0.395. The first-order chi connectivity index (χ1) is 8.49. The first-order valence-corrected chi connectivity index (χ1v) is 6.17. The molecule has 2 N–H and O–H groups in total. The molecule has 0 aliphatic rings. The molecule has 1 aromatic carbocycles. The molecule has 0 fully saturated rings. The molecule has 96 valence electrons. The van der Waals surface area contributed by atoms with Gasteiger partial charge in [0.1, 0.15) is 5.75 Å². The monoisotopic (exact) mass is 244 g/mol. The van der Waals surface area contributed by atoms with Crippen LogP contribution in [0, 0.1) is 27.7 Å². The molecule has 0 saturated carbocycles. The van der Waals surface area contributed by atoms with Crippen LogP contribution in [0.5, 0.6) is 5.75 Å². The van der Waals surface area contributed by atoms with E-state index >= 15 is 0 Å². The molecule has 0 aliphatic heterocycles. The molecular weight excluding hydrogens is 224 g/mol. The molecule has 0 amide bonds. The highest BCUT2D eigenvalue weighted by atomic mass is 16.3. The second-order valence-electron chi connectivity index (χ2n) is 4.86. The van der Waals surface area contributed by atoms with Gasteiger partial charge in [0, 0.05) is 11.4 Å². The van der Waals surface area contributed by atoms with Gasteiger partial charge in [0.2, 0.25) is 0 Å². The fraction of sp³-hybridized carbons (Fsp3) is 0.333. The Morgan fingerprint density at radius 1 is 1.00 bits per heavy atom. The fourth-order valence-electron chi connectivity index (χ4n) is 2.24. The van der Waals surface area contributed by atoms with E-state index < -0.39 is 0 Å². The van der Waals surface area contributed by atoms with E-state index in [4.69, 9.17) is 0 Å². The van der Waals surface area contributed by atoms with Crippen LogP contribution in [0.2, 0.25) is 0 Å². The summed E-state index contributed by atoms with van der Waals surface area (Å²) in [5, 5.41) is 9.75. The number of rotatable bonds is 3. The normalized spacial score (nSPS) is 10.7. The van der Waals surface area contributed by atoms with Crippen molar-refractivity contribution < 1.29 is 5.11 Å². The maximum Gasteiger partial charge on any atom is 0.121 e. The molecule has 0 spiro atoms. The molecule has 2 rings (SSSR count). The zero-order valence-corrected chi connectivity index (χ0v) is 11.4. The molecular formula is C15H20N2O. The van der Waals surface area contributed by atoms with Crippen LogP contribution in [0.3, 0.4) is 0 Å². The summed E-state index contributed by atoms with van der Waals surface area (Å²) >= 11 is 0. The van der Waals surface area contributed by atoms with Crippen LogP contribution in [0.4, 0.5) is 0 Å². The molecule has 0 unspecified atom stereocenters. The van der Waals surface area contributed by atoms with E-state index in [1.807, 2.05) is 26.0 Å². The van der Waals surface area contributed by atoms with Crippen molar-refractivity contribution in [2.45, 2.75) is 34.2 Å². The zero-order chi connectivity index (χ0) is 13.3. The van der Waals surface area contributed by atoms with E-state index in [1.165, 1.54) is 17.0 Å². The highest BCUT2D eigenvalue weighted by Crippen LogP contribution is 2.23. The fourth-order valence-corrected chi connectivity index (χ4v) is 2.24. The van der Waals surface area contributed by atoms with Crippen molar-refractivity contribution in [3.8, 4) is 5.75 Å². The molecule has 0 atom stereocenters. The lowest BCUT2D eigenvalue weighted by Gasteiger charge is -2.14. The van der Waals surface area contributed by atoms with E-state index in [-0.39, 0.29) is 0 Å². The van der Waals surface area contributed by atoms with Crippen molar-refractivity contribution in [1.29, 1.82) is 0 Å². The Hall–Kier alpha value is -1.90. The SMILES string of the molecule is Cc1cc(CNn2c(C)ccc2C)cc(C)c1O. The number of nitrogens with zero attached hydrogens (tertiary/aromatic N) is 1. The number of phenols is 1. The van der Waals surface area contributed by atoms with Crippen LogP contribution < -0.4 is 5.43 Å². The van der Waals surface area contributed by atoms with Gasteiger partial charge in [0.05, 0.1) is 6.54 Å². The Balaban J connectivity index is 2.16. The molecule has 0 radical (unpaired) electrons. The first-order valence-electron chi connectivity index (χ1n) is 6.17. The number of hydrogen-bond donors (Lipinski definition) is 2. The van der Waals surface area contributed by atoms with Crippen molar-refractivity contribution in [3.63, 3.8) is 0 Å². The van der Waals surface area contributed by atoms with Crippen LogP contribution >= 0.6 is 0 Å². The average Bonchev–Trinajstić information content (AvgIpc) is 2.63. The van der Waals surface area contributed by atoms with E-state index in [1.54, 1.807) is 0 Å². The number of aryl methyl sites for hydroxylation is 4. The third-order valence-corrected chi connectivity index (χ3v) is 3.26. The second-order valence-corrected chi connectivity index (χ2v) is 4.86. The Labute approximate surface area is 108 Å². The van der Waals surface area contributed by atoms with Crippen LogP contribution in [0.15, 0.2) is 24.3 Å². The number of nitrogens with one attached hydrogen (secondary N) is 1. The number of hydrogen-bond acceptors (Lipinski definition) is 2. The predicted octanol–water partition coefficient (Wildman–Crippen LogP) is 3.17. The van der Waals surface area contributed by atoms with E-state index in [2.05, 4.69) is 36.1 Å². The van der Waals surface area contributed by atoms with Crippen molar-refractivity contribution in [1.82, 2.24) is 4.68 Å². The topological polar surface area (TPSA) is 37.2 Å². The van der Waals surface area contributed by atoms with Gasteiger partial charge < -0.3 is 10.5 Å². The van der Waals surface area contributed by atoms with E-state index in [0.717, 1.165) is 17.7 Å². The molecule has 0 bridgehead atoms. The quantitative estimate of drug-likeness (QED) is 0.870. The summed E-state index contributed by atoms with van der Waals surface area (Å²) in [7, 11) is 0. The van der Waals surface area contributed by atoms with Crippen molar-refractivity contribution in [3.05, 3.63) is 52.3 Å². The molecule has 0 saturated heterocycles. The molecule has 1 heterocycles. The largest absolute Gasteiger partial charge is 0.507 e. The smallest absolute Gasteiger partial charge is 0.121 e. The summed E-state index contributed by atoms with van der Waals surface area (Å²) in [4.78, 5) is 0. The Kier molecular flexibility index (Phi) is 3.32. The highest BCUT2D eigenvalue weighted by Gasteiger charge is 2.04. The van der Waals surface area contributed by atoms with Crippen molar-refractivity contribution >= 4 is 0 Å². The lowest BCUT2D eigenvalue weighted by molar-refractivity contribution is 0.466. The van der Waals surface area contributed by atoms with E-state index in [9.17, 15) is 5.11 Å². The lowest BCUT2D eigenvalue weighted by atomic mass is 10.1.